The van der Waals surface area contributed by atoms with Gasteiger partial charge in [-0.25, -0.2) is 4.98 Å². The van der Waals surface area contributed by atoms with E-state index in [4.69, 9.17) is 4.42 Å². The second-order valence-electron chi connectivity index (χ2n) is 5.33. The highest BCUT2D eigenvalue weighted by Gasteiger charge is 2.21. The minimum atomic E-state index is 0.200. The molecule has 2 heterocycles. The van der Waals surface area contributed by atoms with Crippen molar-refractivity contribution in [1.29, 1.82) is 0 Å². The smallest absolute Gasteiger partial charge is 0.145 e. The number of rotatable bonds is 2. The SMILES string of the molecule is Cc1cc(O)cc2c(-c3nccs3)c(-c3ccc(O)cc3)oc12. The number of thiazole rings is 1. The van der Waals surface area contributed by atoms with Gasteiger partial charge in [-0.05, 0) is 48.9 Å². The summed E-state index contributed by atoms with van der Waals surface area (Å²) in [7, 11) is 0. The summed E-state index contributed by atoms with van der Waals surface area (Å²) in [6.07, 6.45) is 1.75. The maximum atomic E-state index is 9.96. The van der Waals surface area contributed by atoms with E-state index in [1.165, 1.54) is 11.3 Å². The van der Waals surface area contributed by atoms with Crippen LogP contribution in [0.1, 0.15) is 5.56 Å². The maximum Gasteiger partial charge on any atom is 0.145 e. The van der Waals surface area contributed by atoms with Crippen LogP contribution in [0, 0.1) is 6.92 Å². The normalized spacial score (nSPS) is 11.2. The van der Waals surface area contributed by atoms with Gasteiger partial charge in [0.1, 0.15) is 27.8 Å². The zero-order chi connectivity index (χ0) is 16.0. The van der Waals surface area contributed by atoms with E-state index in [1.807, 2.05) is 12.3 Å². The molecule has 4 rings (SSSR count). The van der Waals surface area contributed by atoms with E-state index in [-0.39, 0.29) is 11.5 Å². The number of hydrogen-bond donors (Lipinski definition) is 2. The van der Waals surface area contributed by atoms with Crippen LogP contribution in [0.5, 0.6) is 11.5 Å². The van der Waals surface area contributed by atoms with Crippen molar-refractivity contribution < 1.29 is 14.6 Å². The number of benzene rings is 2. The molecule has 2 aromatic heterocycles. The minimum absolute atomic E-state index is 0.200. The van der Waals surface area contributed by atoms with Crippen molar-refractivity contribution in [3.8, 4) is 33.4 Å². The molecule has 0 aliphatic heterocycles. The lowest BCUT2D eigenvalue weighted by Crippen LogP contribution is -1.80. The van der Waals surface area contributed by atoms with Gasteiger partial charge in [0.15, 0.2) is 0 Å². The van der Waals surface area contributed by atoms with Gasteiger partial charge in [0, 0.05) is 22.5 Å². The summed E-state index contributed by atoms with van der Waals surface area (Å²) in [5.74, 6) is 1.09. The van der Waals surface area contributed by atoms with Gasteiger partial charge in [-0.3, -0.25) is 0 Å². The van der Waals surface area contributed by atoms with Gasteiger partial charge in [0.2, 0.25) is 0 Å². The standard InChI is InChI=1S/C18H13NO3S/c1-10-8-13(21)9-14-15(18-19-6-7-23-18)17(22-16(10)14)11-2-4-12(20)5-3-11/h2-9,20-21H,1H3. The number of aromatic hydroxyl groups is 2. The second kappa shape index (κ2) is 5.14. The van der Waals surface area contributed by atoms with E-state index < -0.39 is 0 Å². The topological polar surface area (TPSA) is 66.5 Å². The molecule has 23 heavy (non-hydrogen) atoms. The van der Waals surface area contributed by atoms with Crippen molar-refractivity contribution in [2.24, 2.45) is 0 Å². The highest BCUT2D eigenvalue weighted by molar-refractivity contribution is 7.13. The van der Waals surface area contributed by atoms with Crippen molar-refractivity contribution in [3.63, 3.8) is 0 Å². The molecular formula is C18H13NO3S. The third-order valence-electron chi connectivity index (χ3n) is 3.74. The second-order valence-corrected chi connectivity index (χ2v) is 6.22. The molecule has 2 N–H and O–H groups in total. The molecule has 0 saturated carbocycles. The van der Waals surface area contributed by atoms with Crippen molar-refractivity contribution in [2.45, 2.75) is 6.92 Å². The van der Waals surface area contributed by atoms with E-state index in [9.17, 15) is 10.2 Å². The molecule has 0 bridgehead atoms. The molecular weight excluding hydrogens is 310 g/mol. The lowest BCUT2D eigenvalue weighted by molar-refractivity contribution is 0.474. The Hall–Kier alpha value is -2.79. The van der Waals surface area contributed by atoms with Gasteiger partial charge in [-0.15, -0.1) is 11.3 Å². The van der Waals surface area contributed by atoms with Crippen molar-refractivity contribution >= 4 is 22.3 Å². The van der Waals surface area contributed by atoms with E-state index in [0.717, 1.165) is 32.7 Å². The van der Waals surface area contributed by atoms with Crippen LogP contribution in [0.4, 0.5) is 0 Å². The first-order valence-corrected chi connectivity index (χ1v) is 7.97. The van der Waals surface area contributed by atoms with Crippen LogP contribution >= 0.6 is 11.3 Å². The summed E-state index contributed by atoms with van der Waals surface area (Å²) in [6, 6.07) is 10.2. The number of fused-ring (bicyclic) bond motifs is 1. The first-order chi connectivity index (χ1) is 11.1. The molecule has 0 saturated heterocycles. The first kappa shape index (κ1) is 13.8. The van der Waals surface area contributed by atoms with Crippen molar-refractivity contribution in [2.75, 3.05) is 0 Å². The summed E-state index contributed by atoms with van der Waals surface area (Å²) >= 11 is 1.52. The highest BCUT2D eigenvalue weighted by Crippen LogP contribution is 2.43. The summed E-state index contributed by atoms with van der Waals surface area (Å²) < 4.78 is 6.11. The van der Waals surface area contributed by atoms with Gasteiger partial charge in [0.25, 0.3) is 0 Å². The summed E-state index contributed by atoms with van der Waals surface area (Å²) in [5, 5.41) is 23.0. The molecule has 0 radical (unpaired) electrons. The fourth-order valence-electron chi connectivity index (χ4n) is 2.73. The van der Waals surface area contributed by atoms with Gasteiger partial charge in [-0.2, -0.15) is 0 Å². The van der Waals surface area contributed by atoms with Crippen LogP contribution in [0.2, 0.25) is 0 Å². The quantitative estimate of drug-likeness (QED) is 0.548. The molecule has 4 aromatic rings. The predicted octanol–water partition coefficient (Wildman–Crippen LogP) is 4.94. The average molecular weight is 323 g/mol. The number of aromatic nitrogens is 1. The fourth-order valence-corrected chi connectivity index (χ4v) is 3.42. The Balaban J connectivity index is 2.09. The van der Waals surface area contributed by atoms with Gasteiger partial charge in [0.05, 0.1) is 5.56 Å². The Morgan fingerprint density at radius 2 is 1.83 bits per heavy atom. The Bertz CT molecular complexity index is 985. The molecule has 0 unspecified atom stereocenters. The zero-order valence-electron chi connectivity index (χ0n) is 12.3. The number of nitrogens with zero attached hydrogens (tertiary/aromatic N) is 1. The predicted molar refractivity (Wildman–Crippen MR) is 90.8 cm³/mol. The van der Waals surface area contributed by atoms with E-state index in [2.05, 4.69) is 4.98 Å². The summed E-state index contributed by atoms with van der Waals surface area (Å²) in [6.45, 7) is 1.90. The summed E-state index contributed by atoms with van der Waals surface area (Å²) in [4.78, 5) is 4.40. The van der Waals surface area contributed by atoms with Crippen LogP contribution in [-0.4, -0.2) is 15.2 Å². The number of phenols is 2. The molecule has 0 fully saturated rings. The highest BCUT2D eigenvalue weighted by atomic mass is 32.1. The first-order valence-electron chi connectivity index (χ1n) is 7.09. The molecule has 2 aromatic carbocycles. The minimum Gasteiger partial charge on any atom is -0.508 e. The van der Waals surface area contributed by atoms with Crippen LogP contribution in [0.25, 0.3) is 32.9 Å². The van der Waals surface area contributed by atoms with Crippen molar-refractivity contribution in [1.82, 2.24) is 4.98 Å². The van der Waals surface area contributed by atoms with Crippen LogP contribution in [-0.2, 0) is 0 Å². The third-order valence-corrected chi connectivity index (χ3v) is 4.53. The molecule has 0 aliphatic carbocycles. The fraction of sp³-hybridized carbons (Fsp3) is 0.0556. The Labute approximate surface area is 136 Å². The Morgan fingerprint density at radius 3 is 2.52 bits per heavy atom. The van der Waals surface area contributed by atoms with E-state index in [1.54, 1.807) is 42.6 Å². The average Bonchev–Trinajstić information content (AvgIpc) is 3.14. The van der Waals surface area contributed by atoms with Crippen LogP contribution < -0.4 is 0 Å². The zero-order valence-corrected chi connectivity index (χ0v) is 13.1. The molecule has 114 valence electrons. The third kappa shape index (κ3) is 2.26. The Morgan fingerprint density at radius 1 is 1.04 bits per heavy atom. The van der Waals surface area contributed by atoms with Crippen molar-refractivity contribution in [3.05, 3.63) is 53.5 Å². The summed E-state index contributed by atoms with van der Waals surface area (Å²) in [5.41, 5.74) is 3.31. The molecule has 0 aliphatic rings. The molecule has 0 amide bonds. The Kier molecular flexibility index (Phi) is 3.09. The van der Waals surface area contributed by atoms with Crippen LogP contribution in [0.3, 0.4) is 0 Å². The van der Waals surface area contributed by atoms with Gasteiger partial charge >= 0.3 is 0 Å². The van der Waals surface area contributed by atoms with Gasteiger partial charge in [-0.1, -0.05) is 0 Å². The molecule has 0 spiro atoms. The number of phenolic OH excluding ortho intramolecular Hbond substituents is 2. The largest absolute Gasteiger partial charge is 0.508 e. The van der Waals surface area contributed by atoms with E-state index >= 15 is 0 Å². The lowest BCUT2D eigenvalue weighted by Gasteiger charge is -2.01. The van der Waals surface area contributed by atoms with Gasteiger partial charge < -0.3 is 14.6 Å². The van der Waals surface area contributed by atoms with E-state index in [0.29, 0.717) is 5.76 Å². The van der Waals surface area contributed by atoms with Crippen LogP contribution in [0.15, 0.2) is 52.4 Å². The number of aryl methyl sites for hydroxylation is 1. The lowest BCUT2D eigenvalue weighted by atomic mass is 10.0. The number of hydrogen-bond acceptors (Lipinski definition) is 5. The molecule has 0 atom stereocenters. The molecule has 4 nitrogen and oxygen atoms in total. The molecule has 5 heteroatoms. The number of furan rings is 1. The monoisotopic (exact) mass is 323 g/mol. The maximum absolute atomic E-state index is 9.96.